The summed E-state index contributed by atoms with van der Waals surface area (Å²) in [5, 5.41) is 8.43. The van der Waals surface area contributed by atoms with Gasteiger partial charge in [-0.3, -0.25) is 4.79 Å². The quantitative estimate of drug-likeness (QED) is 0.601. The van der Waals surface area contributed by atoms with Crippen LogP contribution in [0.4, 0.5) is 5.00 Å². The monoisotopic (exact) mass is 408 g/mol. The van der Waals surface area contributed by atoms with E-state index in [0.717, 1.165) is 35.4 Å². The number of halogens is 2. The fourth-order valence-corrected chi connectivity index (χ4v) is 5.71. The fourth-order valence-electron chi connectivity index (χ4n) is 3.94. The molecule has 0 radical (unpaired) electrons. The molecule has 26 heavy (non-hydrogen) atoms. The van der Waals surface area contributed by atoms with Crippen molar-refractivity contribution in [3.63, 3.8) is 0 Å². The lowest BCUT2D eigenvalue weighted by Crippen LogP contribution is -2.38. The molecule has 1 amide bonds. The van der Waals surface area contributed by atoms with E-state index in [0.29, 0.717) is 16.0 Å². The molecule has 2 aromatic rings. The normalized spacial score (nSPS) is 22.3. The standard InChI is InChI=1S/C20H22Cl2N2OS/c1-20(2,3)10-7-8-11-14(9-10)26-19-15(11)18(25)23-17(24-19)12-5-4-6-13(21)16(12)22/h4-6,10,17,24H,7-9H2,1-3H3,(H,23,25). The lowest BCUT2D eigenvalue weighted by Gasteiger charge is -2.34. The second-order valence-electron chi connectivity index (χ2n) is 8.21. The summed E-state index contributed by atoms with van der Waals surface area (Å²) in [5.74, 6) is 0.628. The summed E-state index contributed by atoms with van der Waals surface area (Å²) in [6, 6.07) is 5.49. The van der Waals surface area contributed by atoms with E-state index in [9.17, 15) is 4.79 Å². The highest BCUT2D eigenvalue weighted by Crippen LogP contribution is 2.46. The van der Waals surface area contributed by atoms with Gasteiger partial charge in [-0.15, -0.1) is 11.3 Å². The van der Waals surface area contributed by atoms with E-state index in [1.54, 1.807) is 17.4 Å². The molecule has 4 rings (SSSR count). The van der Waals surface area contributed by atoms with Gasteiger partial charge in [-0.25, -0.2) is 0 Å². The summed E-state index contributed by atoms with van der Waals surface area (Å²) >= 11 is 14.2. The van der Waals surface area contributed by atoms with Crippen molar-refractivity contribution in [2.24, 2.45) is 11.3 Å². The van der Waals surface area contributed by atoms with E-state index in [1.807, 2.05) is 12.1 Å². The zero-order valence-corrected chi connectivity index (χ0v) is 17.4. The third kappa shape index (κ3) is 3.02. The Kier molecular flexibility index (Phi) is 4.49. The van der Waals surface area contributed by atoms with Crippen LogP contribution in [-0.4, -0.2) is 5.91 Å². The molecular weight excluding hydrogens is 387 g/mol. The minimum Gasteiger partial charge on any atom is -0.353 e. The van der Waals surface area contributed by atoms with Crippen LogP contribution in [0.5, 0.6) is 0 Å². The van der Waals surface area contributed by atoms with Crippen molar-refractivity contribution in [1.29, 1.82) is 0 Å². The molecule has 138 valence electrons. The van der Waals surface area contributed by atoms with Gasteiger partial charge < -0.3 is 10.6 Å². The highest BCUT2D eigenvalue weighted by atomic mass is 35.5. The third-order valence-corrected chi connectivity index (χ3v) is 7.58. The van der Waals surface area contributed by atoms with E-state index in [-0.39, 0.29) is 17.5 Å². The van der Waals surface area contributed by atoms with Gasteiger partial charge in [-0.2, -0.15) is 0 Å². The Bertz CT molecular complexity index is 885. The average molecular weight is 409 g/mol. The van der Waals surface area contributed by atoms with Gasteiger partial charge in [0.15, 0.2) is 0 Å². The SMILES string of the molecule is CC(C)(C)C1CCc2c(sc3c2C(=O)NC(c2cccc(Cl)c2Cl)N3)C1. The molecule has 0 saturated carbocycles. The Hall–Kier alpha value is -1.23. The van der Waals surface area contributed by atoms with Gasteiger partial charge in [0.2, 0.25) is 0 Å². The van der Waals surface area contributed by atoms with E-state index in [4.69, 9.17) is 23.2 Å². The lowest BCUT2D eigenvalue weighted by atomic mass is 9.72. The Morgan fingerprint density at radius 3 is 2.69 bits per heavy atom. The Morgan fingerprint density at radius 2 is 1.96 bits per heavy atom. The Balaban J connectivity index is 1.68. The van der Waals surface area contributed by atoms with Crippen LogP contribution in [0.2, 0.25) is 10.0 Å². The summed E-state index contributed by atoms with van der Waals surface area (Å²) in [4.78, 5) is 14.2. The molecule has 0 fully saturated rings. The highest BCUT2D eigenvalue weighted by Gasteiger charge is 2.36. The van der Waals surface area contributed by atoms with Crippen LogP contribution < -0.4 is 10.6 Å². The topological polar surface area (TPSA) is 41.1 Å². The van der Waals surface area contributed by atoms with Crippen LogP contribution in [-0.2, 0) is 12.8 Å². The predicted octanol–water partition coefficient (Wildman–Crippen LogP) is 6.06. The average Bonchev–Trinajstić information content (AvgIpc) is 2.94. The fraction of sp³-hybridized carbons (Fsp3) is 0.450. The molecule has 1 aromatic heterocycles. The van der Waals surface area contributed by atoms with Gasteiger partial charge in [-0.1, -0.05) is 56.1 Å². The van der Waals surface area contributed by atoms with Crippen molar-refractivity contribution >= 4 is 45.4 Å². The highest BCUT2D eigenvalue weighted by molar-refractivity contribution is 7.16. The molecule has 0 saturated heterocycles. The molecular formula is C20H22Cl2N2OS. The maximum Gasteiger partial charge on any atom is 0.256 e. The van der Waals surface area contributed by atoms with Gasteiger partial charge in [0.1, 0.15) is 11.2 Å². The van der Waals surface area contributed by atoms with Crippen molar-refractivity contribution in [1.82, 2.24) is 5.32 Å². The maximum absolute atomic E-state index is 12.9. The van der Waals surface area contributed by atoms with Gasteiger partial charge >= 0.3 is 0 Å². The first-order valence-corrected chi connectivity index (χ1v) is 10.5. The number of fused-ring (bicyclic) bond motifs is 3. The number of anilines is 1. The van der Waals surface area contributed by atoms with Crippen LogP contribution in [0, 0.1) is 11.3 Å². The lowest BCUT2D eigenvalue weighted by molar-refractivity contribution is 0.0935. The van der Waals surface area contributed by atoms with E-state index in [2.05, 4.69) is 31.4 Å². The van der Waals surface area contributed by atoms with Gasteiger partial charge in [-0.05, 0) is 42.2 Å². The molecule has 6 heteroatoms. The van der Waals surface area contributed by atoms with Crippen LogP contribution in [0.3, 0.4) is 0 Å². The molecule has 0 spiro atoms. The summed E-state index contributed by atoms with van der Waals surface area (Å²) in [6.45, 7) is 6.91. The van der Waals surface area contributed by atoms with Crippen molar-refractivity contribution in [3.05, 3.63) is 49.8 Å². The number of nitrogens with one attached hydrogen (secondary N) is 2. The smallest absolute Gasteiger partial charge is 0.256 e. The molecule has 2 aliphatic rings. The van der Waals surface area contributed by atoms with Crippen molar-refractivity contribution in [2.45, 2.75) is 46.2 Å². The first-order valence-electron chi connectivity index (χ1n) is 8.91. The summed E-state index contributed by atoms with van der Waals surface area (Å²) < 4.78 is 0. The zero-order chi connectivity index (χ0) is 18.6. The maximum atomic E-state index is 12.9. The van der Waals surface area contributed by atoms with Crippen LogP contribution >= 0.6 is 34.5 Å². The van der Waals surface area contributed by atoms with Crippen molar-refractivity contribution in [2.75, 3.05) is 5.32 Å². The molecule has 2 heterocycles. The van der Waals surface area contributed by atoms with Gasteiger partial charge in [0, 0.05) is 10.4 Å². The van der Waals surface area contributed by atoms with E-state index < -0.39 is 0 Å². The minimum atomic E-state index is -0.361. The number of hydrogen-bond donors (Lipinski definition) is 2. The first-order chi connectivity index (χ1) is 12.3. The number of carbonyl (C=O) groups excluding carboxylic acids is 1. The Morgan fingerprint density at radius 1 is 1.19 bits per heavy atom. The molecule has 1 aromatic carbocycles. The first kappa shape index (κ1) is 18.1. The number of amides is 1. The largest absolute Gasteiger partial charge is 0.353 e. The van der Waals surface area contributed by atoms with Crippen molar-refractivity contribution < 1.29 is 4.79 Å². The van der Waals surface area contributed by atoms with Gasteiger partial charge in [0.25, 0.3) is 5.91 Å². The molecule has 1 aliphatic carbocycles. The molecule has 2 unspecified atom stereocenters. The van der Waals surface area contributed by atoms with E-state index >= 15 is 0 Å². The number of hydrogen-bond acceptors (Lipinski definition) is 3. The van der Waals surface area contributed by atoms with E-state index in [1.165, 1.54) is 10.4 Å². The van der Waals surface area contributed by atoms with Crippen LogP contribution in [0.15, 0.2) is 18.2 Å². The zero-order valence-electron chi connectivity index (χ0n) is 15.1. The molecule has 2 N–H and O–H groups in total. The molecule has 3 nitrogen and oxygen atoms in total. The summed E-state index contributed by atoms with van der Waals surface area (Å²) in [6.07, 6.45) is 2.80. The van der Waals surface area contributed by atoms with Crippen molar-refractivity contribution in [3.8, 4) is 0 Å². The van der Waals surface area contributed by atoms with Gasteiger partial charge in [0.05, 0.1) is 15.6 Å². The molecule has 0 bridgehead atoms. The number of thiophene rings is 1. The summed E-state index contributed by atoms with van der Waals surface area (Å²) in [5.41, 5.74) is 3.13. The molecule has 2 atom stereocenters. The Labute approximate surface area is 168 Å². The van der Waals surface area contributed by atoms with Crippen LogP contribution in [0.25, 0.3) is 0 Å². The second-order valence-corrected chi connectivity index (χ2v) is 10.1. The number of rotatable bonds is 1. The number of benzene rings is 1. The molecule has 1 aliphatic heterocycles. The second kappa shape index (κ2) is 6.43. The number of carbonyl (C=O) groups is 1. The third-order valence-electron chi connectivity index (χ3n) is 5.56. The minimum absolute atomic E-state index is 0.0218. The summed E-state index contributed by atoms with van der Waals surface area (Å²) in [7, 11) is 0. The predicted molar refractivity (Wildman–Crippen MR) is 110 cm³/mol. The van der Waals surface area contributed by atoms with Crippen LogP contribution in [0.1, 0.15) is 59.7 Å².